The Morgan fingerprint density at radius 1 is 0.380 bits per heavy atom. The third-order valence-corrected chi connectivity index (χ3v) is 15.0. The van der Waals surface area contributed by atoms with Crippen molar-refractivity contribution < 1.29 is 24.5 Å². The third kappa shape index (κ3) is 57.5. The van der Waals surface area contributed by atoms with Gasteiger partial charge >= 0.3 is 5.97 Å². The van der Waals surface area contributed by atoms with Gasteiger partial charge < -0.3 is 20.3 Å². The van der Waals surface area contributed by atoms with Crippen molar-refractivity contribution in [3.63, 3.8) is 0 Å². The highest BCUT2D eigenvalue weighted by Gasteiger charge is 2.20. The van der Waals surface area contributed by atoms with Crippen LogP contribution in [0.4, 0.5) is 0 Å². The van der Waals surface area contributed by atoms with Gasteiger partial charge in [0.25, 0.3) is 0 Å². The van der Waals surface area contributed by atoms with Gasteiger partial charge in [-0.15, -0.1) is 0 Å². The van der Waals surface area contributed by atoms with Gasteiger partial charge in [0.1, 0.15) is 0 Å². The van der Waals surface area contributed by atoms with Gasteiger partial charge in [-0.25, -0.2) is 0 Å². The number of unbranched alkanes of at least 4 members (excludes halogenated alkanes) is 45. The molecule has 0 fully saturated rings. The Morgan fingerprint density at radius 3 is 1.00 bits per heavy atom. The van der Waals surface area contributed by atoms with Crippen LogP contribution >= 0.6 is 0 Å². The average Bonchev–Trinajstić information content (AvgIpc) is 3.37. The maximum absolute atomic E-state index is 12.5. The van der Waals surface area contributed by atoms with Gasteiger partial charge in [-0.1, -0.05) is 289 Å². The highest BCUT2D eigenvalue weighted by atomic mass is 16.5. The molecule has 0 bridgehead atoms. The molecule has 6 heteroatoms. The quantitative estimate of drug-likeness (QED) is 0.0320. The van der Waals surface area contributed by atoms with Crippen LogP contribution in [0.15, 0.2) is 24.3 Å². The molecule has 2 atom stereocenters. The molecule has 0 spiro atoms. The molecule has 0 radical (unpaired) electrons. The Hall–Kier alpha value is -1.66. The summed E-state index contributed by atoms with van der Waals surface area (Å²) in [6.45, 7) is 4.95. The van der Waals surface area contributed by atoms with Crippen LogP contribution in [0.5, 0.6) is 0 Å². The van der Waals surface area contributed by atoms with Crippen molar-refractivity contribution in [1.82, 2.24) is 5.32 Å². The van der Waals surface area contributed by atoms with Gasteiger partial charge in [0.2, 0.25) is 5.91 Å². The van der Waals surface area contributed by atoms with Gasteiger partial charge in [0, 0.05) is 12.8 Å². The van der Waals surface area contributed by atoms with E-state index in [2.05, 4.69) is 43.5 Å². The molecule has 6 nitrogen and oxygen atoms in total. The molecule has 0 aliphatic heterocycles. The zero-order valence-electron chi connectivity index (χ0n) is 48.0. The van der Waals surface area contributed by atoms with E-state index in [1.165, 1.54) is 257 Å². The molecule has 71 heavy (non-hydrogen) atoms. The first-order valence-corrected chi connectivity index (χ1v) is 32.1. The summed E-state index contributed by atoms with van der Waals surface area (Å²) >= 11 is 0. The number of ether oxygens (including phenoxy) is 1. The van der Waals surface area contributed by atoms with E-state index in [0.717, 1.165) is 64.2 Å². The molecule has 0 saturated heterocycles. The normalized spacial score (nSPS) is 12.7. The molecular formula is C65H125NO5. The van der Waals surface area contributed by atoms with Crippen LogP contribution in [0.1, 0.15) is 354 Å². The average molecular weight is 1000 g/mol. The molecule has 0 aromatic rings. The summed E-state index contributed by atoms with van der Waals surface area (Å²) < 4.78 is 5.49. The monoisotopic (exact) mass is 1000 g/mol. The van der Waals surface area contributed by atoms with Gasteiger partial charge in [-0.2, -0.15) is 0 Å². The molecule has 0 rings (SSSR count). The minimum Gasteiger partial charge on any atom is -0.466 e. The number of rotatable bonds is 60. The minimum absolute atomic E-state index is 0.00241. The Kier molecular flexibility index (Phi) is 59.5. The van der Waals surface area contributed by atoms with E-state index in [1.54, 1.807) is 0 Å². The molecule has 0 aromatic heterocycles. The fraction of sp³-hybridized carbons (Fsp3) is 0.908. The lowest BCUT2D eigenvalue weighted by molar-refractivity contribution is -0.143. The highest BCUT2D eigenvalue weighted by molar-refractivity contribution is 5.76. The van der Waals surface area contributed by atoms with E-state index in [0.29, 0.717) is 25.9 Å². The zero-order chi connectivity index (χ0) is 51.4. The van der Waals surface area contributed by atoms with Crippen LogP contribution < -0.4 is 5.32 Å². The van der Waals surface area contributed by atoms with Gasteiger partial charge in [-0.3, -0.25) is 9.59 Å². The number of esters is 1. The molecule has 0 aliphatic carbocycles. The number of hydrogen-bond acceptors (Lipinski definition) is 5. The Balaban J connectivity index is 3.44. The second kappa shape index (κ2) is 60.9. The summed E-state index contributed by atoms with van der Waals surface area (Å²) in [4.78, 5) is 24.6. The predicted molar refractivity (Wildman–Crippen MR) is 310 cm³/mol. The van der Waals surface area contributed by atoms with E-state index in [1.807, 2.05) is 0 Å². The second-order valence-corrected chi connectivity index (χ2v) is 22.1. The topological polar surface area (TPSA) is 95.9 Å². The number of allylic oxidation sites excluding steroid dienone is 4. The molecular weight excluding hydrogens is 875 g/mol. The van der Waals surface area contributed by atoms with Crippen molar-refractivity contribution in [2.75, 3.05) is 13.2 Å². The third-order valence-electron chi connectivity index (χ3n) is 15.0. The summed E-state index contributed by atoms with van der Waals surface area (Å²) in [5.41, 5.74) is 0. The summed E-state index contributed by atoms with van der Waals surface area (Å²) in [6.07, 6.45) is 74.7. The van der Waals surface area contributed by atoms with Crippen LogP contribution in [-0.2, 0) is 14.3 Å². The lowest BCUT2D eigenvalue weighted by atomic mass is 10.0. The number of nitrogens with one attached hydrogen (secondary N) is 1. The highest BCUT2D eigenvalue weighted by Crippen LogP contribution is 2.18. The molecule has 0 heterocycles. The summed E-state index contributed by atoms with van der Waals surface area (Å²) in [7, 11) is 0. The molecule has 2 unspecified atom stereocenters. The summed E-state index contributed by atoms with van der Waals surface area (Å²) in [5.74, 6) is -0.0514. The van der Waals surface area contributed by atoms with Crippen molar-refractivity contribution >= 4 is 11.9 Å². The number of hydrogen-bond donors (Lipinski definition) is 3. The SMILES string of the molecule is CCCCCCCC/C=C\CCCCCCCCCCCC(=O)OCCCCCCCCC/C=C\CCCCCCCC(=O)NC(CO)C(O)CCCCCCCCCCCCCCCCCCCCC. The molecule has 3 N–H and O–H groups in total. The van der Waals surface area contributed by atoms with Crippen molar-refractivity contribution in [2.24, 2.45) is 0 Å². The number of amides is 1. The van der Waals surface area contributed by atoms with Crippen molar-refractivity contribution in [3.05, 3.63) is 24.3 Å². The molecule has 0 saturated carbocycles. The minimum atomic E-state index is -0.676. The number of carbonyl (C=O) groups excluding carboxylic acids is 2. The molecule has 0 aromatic carbocycles. The van der Waals surface area contributed by atoms with E-state index < -0.39 is 12.1 Å². The molecule has 420 valence electrons. The first-order valence-electron chi connectivity index (χ1n) is 32.1. The first-order chi connectivity index (χ1) is 35.0. The Bertz CT molecular complexity index is 1110. The first kappa shape index (κ1) is 69.3. The standard InChI is InChI=1S/C65H125NO5/c1-3-5-7-9-11-13-15-17-19-21-23-25-29-33-37-41-45-49-53-57-63(68)62(61-67)66-64(69)58-54-50-46-42-38-34-30-27-28-32-36-40-44-48-52-56-60-71-65(70)59-55-51-47-43-39-35-31-26-24-22-20-18-16-14-12-10-8-6-4-2/h18,20,27,30,62-63,67-68H,3-17,19,21-26,28-29,31-61H2,1-2H3,(H,66,69)/b20-18-,30-27-. The Labute approximate surface area is 443 Å². The molecule has 1 amide bonds. The summed E-state index contributed by atoms with van der Waals surface area (Å²) in [5, 5.41) is 23.3. The van der Waals surface area contributed by atoms with Crippen LogP contribution in [0.25, 0.3) is 0 Å². The number of carbonyl (C=O) groups is 2. The van der Waals surface area contributed by atoms with Crippen molar-refractivity contribution in [2.45, 2.75) is 366 Å². The van der Waals surface area contributed by atoms with Crippen LogP contribution in [0.3, 0.4) is 0 Å². The van der Waals surface area contributed by atoms with E-state index >= 15 is 0 Å². The lowest BCUT2D eigenvalue weighted by Gasteiger charge is -2.22. The Morgan fingerprint density at radius 2 is 0.662 bits per heavy atom. The fourth-order valence-electron chi connectivity index (χ4n) is 10.0. The van der Waals surface area contributed by atoms with Crippen LogP contribution in [0, 0.1) is 0 Å². The van der Waals surface area contributed by atoms with Gasteiger partial charge in [0.05, 0.1) is 25.4 Å². The van der Waals surface area contributed by atoms with Crippen LogP contribution in [-0.4, -0.2) is 47.4 Å². The summed E-state index contributed by atoms with van der Waals surface area (Å²) in [6, 6.07) is -0.554. The van der Waals surface area contributed by atoms with Gasteiger partial charge in [-0.05, 0) is 77.0 Å². The predicted octanol–water partition coefficient (Wildman–Crippen LogP) is 20.2. The maximum Gasteiger partial charge on any atom is 0.305 e. The van der Waals surface area contributed by atoms with E-state index in [-0.39, 0.29) is 18.5 Å². The van der Waals surface area contributed by atoms with E-state index in [9.17, 15) is 19.8 Å². The van der Waals surface area contributed by atoms with Gasteiger partial charge in [0.15, 0.2) is 0 Å². The van der Waals surface area contributed by atoms with Crippen molar-refractivity contribution in [3.8, 4) is 0 Å². The lowest BCUT2D eigenvalue weighted by Crippen LogP contribution is -2.45. The fourth-order valence-corrected chi connectivity index (χ4v) is 10.0. The number of aliphatic hydroxyl groups excluding tert-OH is 2. The maximum atomic E-state index is 12.5. The van der Waals surface area contributed by atoms with E-state index in [4.69, 9.17) is 4.74 Å². The second-order valence-electron chi connectivity index (χ2n) is 22.1. The molecule has 0 aliphatic rings. The van der Waals surface area contributed by atoms with Crippen molar-refractivity contribution in [1.29, 1.82) is 0 Å². The number of aliphatic hydroxyl groups is 2. The largest absolute Gasteiger partial charge is 0.466 e. The zero-order valence-corrected chi connectivity index (χ0v) is 48.0. The van der Waals surface area contributed by atoms with Crippen LogP contribution in [0.2, 0.25) is 0 Å². The smallest absolute Gasteiger partial charge is 0.305 e.